The molecule has 0 fully saturated rings. The van der Waals surface area contributed by atoms with Crippen molar-refractivity contribution in [1.82, 2.24) is 0 Å². The van der Waals surface area contributed by atoms with Crippen molar-refractivity contribution in [3.05, 3.63) is 35.4 Å². The maximum Gasteiger partial charge on any atom is 0.0254 e. The minimum Gasteiger partial charge on any atom is -0.0750 e. The van der Waals surface area contributed by atoms with Gasteiger partial charge in [0.1, 0.15) is 0 Å². The molecule has 1 aromatic carbocycles. The Bertz CT molecular complexity index is 357. The lowest BCUT2D eigenvalue weighted by atomic mass is 9.87. The fourth-order valence-corrected chi connectivity index (χ4v) is 1.56. The summed E-state index contributed by atoms with van der Waals surface area (Å²) in [5.41, 5.74) is 2.68. The number of hydrogen-bond acceptors (Lipinski definition) is 1. The molecule has 0 spiro atoms. The van der Waals surface area contributed by atoms with E-state index in [0.29, 0.717) is 0 Å². The van der Waals surface area contributed by atoms with Crippen LogP contribution in [-0.4, -0.2) is 5.75 Å². The van der Waals surface area contributed by atoms with E-state index in [1.165, 1.54) is 5.56 Å². The number of rotatable bonds is 1. The molecule has 0 bridgehead atoms. The summed E-state index contributed by atoms with van der Waals surface area (Å²) in [6.07, 6.45) is 0. The highest BCUT2D eigenvalue weighted by Gasteiger charge is 2.12. The minimum absolute atomic E-state index is 0.226. The summed E-state index contributed by atoms with van der Waals surface area (Å²) in [5.74, 6) is 4.19. The summed E-state index contributed by atoms with van der Waals surface area (Å²) in [4.78, 5) is 0. The van der Waals surface area contributed by atoms with Crippen LogP contribution in [0.2, 0.25) is 0 Å². The van der Waals surface area contributed by atoms with E-state index in [-0.39, 0.29) is 5.41 Å². The average molecular weight is 218 g/mol. The fourth-order valence-electron chi connectivity index (χ4n) is 1.22. The van der Waals surface area contributed by atoms with Crippen LogP contribution in [0, 0.1) is 11.2 Å². The number of thioether (sulfide) groups is 1. The third kappa shape index (κ3) is 4.01. The zero-order valence-electron chi connectivity index (χ0n) is 9.92. The largest absolute Gasteiger partial charge is 0.0750 e. The number of hydrogen-bond donors (Lipinski definition) is 0. The summed E-state index contributed by atoms with van der Waals surface area (Å²) in [6.45, 7) is 8.78. The van der Waals surface area contributed by atoms with Gasteiger partial charge in [-0.2, -0.15) is 0 Å². The third-order valence-corrected chi connectivity index (χ3v) is 2.70. The third-order valence-electron chi connectivity index (χ3n) is 2.16. The molecule has 0 aliphatic carbocycles. The maximum atomic E-state index is 3.14. The monoisotopic (exact) mass is 218 g/mol. The van der Waals surface area contributed by atoms with Crippen LogP contribution in [0.1, 0.15) is 38.8 Å². The van der Waals surface area contributed by atoms with E-state index in [4.69, 9.17) is 0 Å². The molecule has 0 saturated heterocycles. The quantitative estimate of drug-likeness (QED) is 0.641. The molecule has 0 aliphatic heterocycles. The van der Waals surface area contributed by atoms with Gasteiger partial charge in [-0.25, -0.2) is 0 Å². The van der Waals surface area contributed by atoms with Gasteiger partial charge in [0.25, 0.3) is 0 Å². The molecule has 0 amide bonds. The van der Waals surface area contributed by atoms with Crippen LogP contribution < -0.4 is 0 Å². The fraction of sp³-hybridized carbons (Fsp3) is 0.429. The highest BCUT2D eigenvalue weighted by molar-refractivity contribution is 8.03. The van der Waals surface area contributed by atoms with Crippen molar-refractivity contribution in [2.24, 2.45) is 0 Å². The molecule has 0 aromatic heterocycles. The van der Waals surface area contributed by atoms with Gasteiger partial charge in [0.2, 0.25) is 0 Å². The molecule has 1 rings (SSSR count). The van der Waals surface area contributed by atoms with Crippen molar-refractivity contribution < 1.29 is 0 Å². The Morgan fingerprint density at radius 1 is 1.13 bits per heavy atom. The van der Waals surface area contributed by atoms with Crippen LogP contribution in [0.25, 0.3) is 0 Å². The van der Waals surface area contributed by atoms with Crippen molar-refractivity contribution in [2.45, 2.75) is 33.1 Å². The van der Waals surface area contributed by atoms with E-state index in [9.17, 15) is 0 Å². The van der Waals surface area contributed by atoms with Gasteiger partial charge in [0.15, 0.2) is 0 Å². The zero-order chi connectivity index (χ0) is 11.3. The van der Waals surface area contributed by atoms with Gasteiger partial charge in [0.05, 0.1) is 0 Å². The Morgan fingerprint density at radius 3 is 2.20 bits per heavy atom. The average Bonchev–Trinajstić information content (AvgIpc) is 2.18. The molecule has 0 saturated carbocycles. The van der Waals surface area contributed by atoms with Gasteiger partial charge in [-0.05, 0) is 28.4 Å². The number of benzene rings is 1. The van der Waals surface area contributed by atoms with Gasteiger partial charge >= 0.3 is 0 Å². The lowest BCUT2D eigenvalue weighted by Crippen LogP contribution is -2.10. The first-order valence-electron chi connectivity index (χ1n) is 5.27. The lowest BCUT2D eigenvalue weighted by Gasteiger charge is -2.18. The van der Waals surface area contributed by atoms with E-state index >= 15 is 0 Å². The van der Waals surface area contributed by atoms with Crippen LogP contribution in [0.15, 0.2) is 24.3 Å². The van der Waals surface area contributed by atoms with E-state index in [1.807, 2.05) is 0 Å². The van der Waals surface area contributed by atoms with Crippen molar-refractivity contribution in [1.29, 1.82) is 0 Å². The Kier molecular flexibility index (Phi) is 4.29. The van der Waals surface area contributed by atoms with Crippen LogP contribution in [0.4, 0.5) is 0 Å². The predicted octanol–water partition coefficient (Wildman–Crippen LogP) is 4.05. The van der Waals surface area contributed by atoms with E-state index < -0.39 is 0 Å². The molecular formula is C14H18S. The van der Waals surface area contributed by atoms with Gasteiger partial charge in [-0.1, -0.05) is 57.5 Å². The predicted molar refractivity (Wildman–Crippen MR) is 70.2 cm³/mol. The summed E-state index contributed by atoms with van der Waals surface area (Å²) in [7, 11) is 0. The van der Waals surface area contributed by atoms with Gasteiger partial charge in [-0.15, -0.1) is 0 Å². The molecule has 1 heteroatoms. The van der Waals surface area contributed by atoms with Gasteiger partial charge in [-0.3, -0.25) is 0 Å². The van der Waals surface area contributed by atoms with Crippen molar-refractivity contribution in [2.75, 3.05) is 5.75 Å². The summed E-state index contributed by atoms with van der Waals surface area (Å²) in [6, 6.07) is 8.54. The lowest BCUT2D eigenvalue weighted by molar-refractivity contribution is 0.590. The first-order valence-corrected chi connectivity index (χ1v) is 6.26. The van der Waals surface area contributed by atoms with Gasteiger partial charge in [0, 0.05) is 11.3 Å². The van der Waals surface area contributed by atoms with Crippen LogP contribution in [-0.2, 0) is 5.41 Å². The van der Waals surface area contributed by atoms with Crippen molar-refractivity contribution in [3.63, 3.8) is 0 Å². The molecule has 0 nitrogen and oxygen atoms in total. The molecule has 15 heavy (non-hydrogen) atoms. The highest BCUT2D eigenvalue weighted by atomic mass is 32.2. The smallest absolute Gasteiger partial charge is 0.0254 e. The normalized spacial score (nSPS) is 10.7. The molecule has 0 heterocycles. The van der Waals surface area contributed by atoms with E-state index in [2.05, 4.69) is 63.1 Å². The van der Waals surface area contributed by atoms with E-state index in [0.717, 1.165) is 11.3 Å². The SMILES string of the molecule is CCSC#Cc1ccc(C(C)(C)C)cc1. The Balaban J connectivity index is 2.79. The van der Waals surface area contributed by atoms with E-state index in [1.54, 1.807) is 11.8 Å². The Labute approximate surface area is 97.5 Å². The van der Waals surface area contributed by atoms with Gasteiger partial charge < -0.3 is 0 Å². The Morgan fingerprint density at radius 2 is 1.73 bits per heavy atom. The summed E-state index contributed by atoms with van der Waals surface area (Å²) >= 11 is 1.65. The first kappa shape index (κ1) is 12.2. The topological polar surface area (TPSA) is 0 Å². The molecule has 80 valence electrons. The maximum absolute atomic E-state index is 3.14. The highest BCUT2D eigenvalue weighted by Crippen LogP contribution is 2.21. The van der Waals surface area contributed by atoms with Crippen LogP contribution in [0.5, 0.6) is 0 Å². The molecule has 0 radical (unpaired) electrons. The standard InChI is InChI=1S/C14H18S/c1-5-15-11-10-12-6-8-13(9-7-12)14(2,3)4/h6-9H,5H2,1-4H3. The molecule has 0 aliphatic rings. The summed E-state index contributed by atoms with van der Waals surface area (Å²) in [5, 5.41) is 3.08. The minimum atomic E-state index is 0.226. The van der Waals surface area contributed by atoms with Crippen molar-refractivity contribution in [3.8, 4) is 11.2 Å². The molecule has 0 N–H and O–H groups in total. The Hall–Kier alpha value is -0.870. The van der Waals surface area contributed by atoms with Crippen molar-refractivity contribution >= 4 is 11.8 Å². The second-order valence-electron chi connectivity index (χ2n) is 4.49. The second kappa shape index (κ2) is 5.28. The van der Waals surface area contributed by atoms with Crippen LogP contribution in [0.3, 0.4) is 0 Å². The molecule has 1 aromatic rings. The molecule has 0 unspecified atom stereocenters. The van der Waals surface area contributed by atoms with Crippen LogP contribution >= 0.6 is 11.8 Å². The summed E-state index contributed by atoms with van der Waals surface area (Å²) < 4.78 is 0. The second-order valence-corrected chi connectivity index (χ2v) is 5.56. The first-order chi connectivity index (χ1) is 7.04. The molecular weight excluding hydrogens is 200 g/mol. The zero-order valence-corrected chi connectivity index (χ0v) is 10.7. The molecule has 0 atom stereocenters.